The molecular formula is C13H16N4O2. The average Bonchev–Trinajstić information content (AvgIpc) is 2.63. The molecule has 100 valence electrons. The van der Waals surface area contributed by atoms with Crippen molar-refractivity contribution in [1.82, 2.24) is 9.88 Å². The summed E-state index contributed by atoms with van der Waals surface area (Å²) in [6, 6.07) is 5.06. The van der Waals surface area contributed by atoms with Crippen LogP contribution in [0.3, 0.4) is 0 Å². The molecule has 0 unspecified atom stereocenters. The van der Waals surface area contributed by atoms with E-state index in [-0.39, 0.29) is 0 Å². The minimum Gasteiger partial charge on any atom is -0.351 e. The van der Waals surface area contributed by atoms with E-state index in [0.29, 0.717) is 17.7 Å². The first-order chi connectivity index (χ1) is 9.01. The second kappa shape index (κ2) is 5.11. The molecule has 0 spiro atoms. The Balaban J connectivity index is 2.49. The van der Waals surface area contributed by atoms with E-state index in [1.54, 1.807) is 0 Å². The summed E-state index contributed by atoms with van der Waals surface area (Å²) in [5.41, 5.74) is 7.39. The molecule has 1 aromatic heterocycles. The molecule has 2 aromatic rings. The third-order valence-electron chi connectivity index (χ3n) is 2.77. The molecule has 1 heterocycles. The van der Waals surface area contributed by atoms with E-state index in [0.717, 1.165) is 23.0 Å². The minimum absolute atomic E-state index is 0.333. The zero-order chi connectivity index (χ0) is 14.0. The number of nitrogens with one attached hydrogen (secondary N) is 2. The van der Waals surface area contributed by atoms with Crippen molar-refractivity contribution < 1.29 is 9.59 Å². The van der Waals surface area contributed by atoms with Crippen molar-refractivity contribution in [2.24, 2.45) is 5.73 Å². The number of hydrogen-bond donors (Lipinski definition) is 3. The summed E-state index contributed by atoms with van der Waals surface area (Å²) >= 11 is 0. The average molecular weight is 260 g/mol. The number of nitrogens with two attached hydrogens (primary N) is 1. The van der Waals surface area contributed by atoms with Crippen LogP contribution in [0.2, 0.25) is 0 Å². The second-order valence-corrected chi connectivity index (χ2v) is 4.64. The Labute approximate surface area is 110 Å². The van der Waals surface area contributed by atoms with Crippen molar-refractivity contribution >= 4 is 29.0 Å². The van der Waals surface area contributed by atoms with Gasteiger partial charge in [0.2, 0.25) is 0 Å². The molecular weight excluding hydrogens is 244 g/mol. The smallest absolute Gasteiger partial charge is 0.317 e. The largest absolute Gasteiger partial charge is 0.351 e. The van der Waals surface area contributed by atoms with Gasteiger partial charge in [0.25, 0.3) is 0 Å². The fourth-order valence-electron chi connectivity index (χ4n) is 2.07. The number of aromatic amines is 1. The predicted molar refractivity (Wildman–Crippen MR) is 74.3 cm³/mol. The van der Waals surface area contributed by atoms with Gasteiger partial charge in [0, 0.05) is 17.4 Å². The lowest BCUT2D eigenvalue weighted by atomic mass is 10.1. The van der Waals surface area contributed by atoms with Crippen LogP contribution in [0.25, 0.3) is 10.9 Å². The van der Waals surface area contributed by atoms with Gasteiger partial charge in [-0.25, -0.2) is 4.79 Å². The molecule has 2 amide bonds. The van der Waals surface area contributed by atoms with Crippen LogP contribution < -0.4 is 11.1 Å². The zero-order valence-electron chi connectivity index (χ0n) is 10.9. The van der Waals surface area contributed by atoms with E-state index in [1.165, 1.54) is 0 Å². The molecule has 6 heteroatoms. The van der Waals surface area contributed by atoms with Crippen LogP contribution in [0.4, 0.5) is 10.6 Å². The number of fused-ring (bicyclic) bond motifs is 1. The standard InChI is InChI=1S/C13H16N4O2/c1-17(2)6-8-3-4-9-10(7-18)12(16-13(14)19)15-11(9)5-8/h3-5,7,15H,6H2,1-2H3,(H3,14,16,19). The van der Waals surface area contributed by atoms with E-state index in [1.807, 2.05) is 37.2 Å². The molecule has 19 heavy (non-hydrogen) atoms. The van der Waals surface area contributed by atoms with Crippen molar-refractivity contribution in [1.29, 1.82) is 0 Å². The third kappa shape index (κ3) is 2.74. The number of carbonyl (C=O) groups excluding carboxylic acids is 2. The summed E-state index contributed by atoms with van der Waals surface area (Å²) in [5, 5.41) is 3.18. The maximum Gasteiger partial charge on any atom is 0.317 e. The summed E-state index contributed by atoms with van der Waals surface area (Å²) in [6.45, 7) is 0.796. The quantitative estimate of drug-likeness (QED) is 0.728. The summed E-state index contributed by atoms with van der Waals surface area (Å²) in [4.78, 5) is 27.1. The number of primary amides is 1. The van der Waals surface area contributed by atoms with Crippen LogP contribution in [0.5, 0.6) is 0 Å². The van der Waals surface area contributed by atoms with Gasteiger partial charge in [-0.05, 0) is 25.7 Å². The summed E-state index contributed by atoms with van der Waals surface area (Å²) in [5.74, 6) is 0.333. The number of benzene rings is 1. The highest BCUT2D eigenvalue weighted by Gasteiger charge is 2.12. The first-order valence-electron chi connectivity index (χ1n) is 5.82. The molecule has 0 bridgehead atoms. The lowest BCUT2D eigenvalue weighted by Gasteiger charge is -2.09. The number of anilines is 1. The Bertz CT molecular complexity index is 631. The fourth-order valence-corrected chi connectivity index (χ4v) is 2.07. The van der Waals surface area contributed by atoms with Crippen LogP contribution in [-0.4, -0.2) is 36.3 Å². The van der Waals surface area contributed by atoms with Crippen molar-refractivity contribution in [3.8, 4) is 0 Å². The lowest BCUT2D eigenvalue weighted by Crippen LogP contribution is -2.20. The molecule has 2 rings (SSSR count). The summed E-state index contributed by atoms with van der Waals surface area (Å²) in [6.07, 6.45) is 0.704. The monoisotopic (exact) mass is 260 g/mol. The molecule has 1 aromatic carbocycles. The van der Waals surface area contributed by atoms with E-state index in [9.17, 15) is 9.59 Å². The fraction of sp³-hybridized carbons (Fsp3) is 0.231. The Kier molecular flexibility index (Phi) is 3.52. The molecule has 0 fully saturated rings. The number of aldehydes is 1. The molecule has 0 radical (unpaired) electrons. The second-order valence-electron chi connectivity index (χ2n) is 4.64. The lowest BCUT2D eigenvalue weighted by molar-refractivity contribution is 0.112. The number of hydrogen-bond acceptors (Lipinski definition) is 3. The number of amides is 2. The minimum atomic E-state index is -0.705. The Hall–Kier alpha value is -2.34. The van der Waals surface area contributed by atoms with E-state index < -0.39 is 6.03 Å². The van der Waals surface area contributed by atoms with Gasteiger partial charge >= 0.3 is 6.03 Å². The SMILES string of the molecule is CN(C)Cc1ccc2c(C=O)c(NC(N)=O)[nH]c2c1. The van der Waals surface area contributed by atoms with Crippen molar-refractivity contribution in [2.45, 2.75) is 6.54 Å². The number of rotatable bonds is 4. The highest BCUT2D eigenvalue weighted by Crippen LogP contribution is 2.25. The predicted octanol–water partition coefficient (Wildman–Crippen LogP) is 1.53. The van der Waals surface area contributed by atoms with Crippen molar-refractivity contribution in [3.63, 3.8) is 0 Å². The van der Waals surface area contributed by atoms with Crippen LogP contribution in [0.1, 0.15) is 15.9 Å². The molecule has 0 aliphatic carbocycles. The zero-order valence-corrected chi connectivity index (χ0v) is 10.9. The van der Waals surface area contributed by atoms with Crippen LogP contribution in [0, 0.1) is 0 Å². The van der Waals surface area contributed by atoms with Gasteiger partial charge < -0.3 is 15.6 Å². The molecule has 0 aliphatic heterocycles. The van der Waals surface area contributed by atoms with Gasteiger partial charge in [-0.15, -0.1) is 0 Å². The van der Waals surface area contributed by atoms with Gasteiger partial charge in [-0.1, -0.05) is 12.1 Å². The van der Waals surface area contributed by atoms with Crippen LogP contribution in [0.15, 0.2) is 18.2 Å². The normalized spacial score (nSPS) is 10.9. The highest BCUT2D eigenvalue weighted by atomic mass is 16.2. The van der Waals surface area contributed by atoms with E-state index >= 15 is 0 Å². The molecule has 6 nitrogen and oxygen atoms in total. The van der Waals surface area contributed by atoms with Crippen molar-refractivity contribution in [3.05, 3.63) is 29.3 Å². The maximum absolute atomic E-state index is 11.1. The number of H-pyrrole nitrogens is 1. The van der Waals surface area contributed by atoms with Gasteiger partial charge in [-0.2, -0.15) is 0 Å². The first kappa shape index (κ1) is 13.1. The number of aromatic nitrogens is 1. The van der Waals surface area contributed by atoms with Gasteiger partial charge in [0.15, 0.2) is 6.29 Å². The maximum atomic E-state index is 11.1. The van der Waals surface area contributed by atoms with Gasteiger partial charge in [0.1, 0.15) is 5.82 Å². The summed E-state index contributed by atoms with van der Waals surface area (Å²) in [7, 11) is 3.96. The number of urea groups is 1. The highest BCUT2D eigenvalue weighted by molar-refractivity contribution is 6.06. The van der Waals surface area contributed by atoms with Crippen LogP contribution >= 0.6 is 0 Å². The van der Waals surface area contributed by atoms with E-state index in [4.69, 9.17) is 5.73 Å². The molecule has 0 atom stereocenters. The Morgan fingerprint density at radius 1 is 1.47 bits per heavy atom. The van der Waals surface area contributed by atoms with Gasteiger partial charge in [-0.3, -0.25) is 10.1 Å². The van der Waals surface area contributed by atoms with Crippen LogP contribution in [-0.2, 0) is 6.54 Å². The molecule has 0 aliphatic rings. The Morgan fingerprint density at radius 3 is 2.79 bits per heavy atom. The topological polar surface area (TPSA) is 91.2 Å². The number of nitrogens with zero attached hydrogens (tertiary/aromatic N) is 1. The van der Waals surface area contributed by atoms with Gasteiger partial charge in [0.05, 0.1) is 5.56 Å². The van der Waals surface area contributed by atoms with E-state index in [2.05, 4.69) is 10.3 Å². The first-order valence-corrected chi connectivity index (χ1v) is 5.82. The molecule has 0 saturated carbocycles. The molecule has 4 N–H and O–H groups in total. The number of carbonyl (C=O) groups is 2. The third-order valence-corrected chi connectivity index (χ3v) is 2.77. The molecule has 0 saturated heterocycles. The Morgan fingerprint density at radius 2 is 2.21 bits per heavy atom. The summed E-state index contributed by atoms with van der Waals surface area (Å²) < 4.78 is 0. The van der Waals surface area contributed by atoms with Crippen molar-refractivity contribution in [2.75, 3.05) is 19.4 Å².